The topological polar surface area (TPSA) is 77.0 Å². The first-order chi connectivity index (χ1) is 12.0. The van der Waals surface area contributed by atoms with E-state index in [9.17, 15) is 0 Å². The van der Waals surface area contributed by atoms with Gasteiger partial charge in [-0.2, -0.15) is 4.98 Å². The van der Waals surface area contributed by atoms with Crippen molar-refractivity contribution in [3.8, 4) is 0 Å². The number of anilines is 1. The standard InChI is InChI=1S/C17H19ClN4OS2/c1-9(19)17(5-6-17)14-12(24-2)11-13(25-14)15(22-16(18)21-11)20-8-10-4-3-7-23-10/h3-4,7,9H,5-6,8,19H2,1-2H3,(H,20,21,22). The van der Waals surface area contributed by atoms with Crippen LogP contribution in [0.15, 0.2) is 27.7 Å². The Morgan fingerprint density at radius 1 is 1.48 bits per heavy atom. The maximum Gasteiger partial charge on any atom is 0.225 e. The Hall–Kier alpha value is -1.28. The maximum atomic E-state index is 6.31. The highest BCUT2D eigenvalue weighted by Gasteiger charge is 2.50. The van der Waals surface area contributed by atoms with Crippen molar-refractivity contribution in [2.24, 2.45) is 5.73 Å². The van der Waals surface area contributed by atoms with Gasteiger partial charge in [0.05, 0.1) is 17.5 Å². The minimum Gasteiger partial charge on any atom is -0.467 e. The van der Waals surface area contributed by atoms with Crippen molar-refractivity contribution in [1.82, 2.24) is 9.97 Å². The van der Waals surface area contributed by atoms with Gasteiger partial charge in [0, 0.05) is 21.2 Å². The largest absolute Gasteiger partial charge is 0.467 e. The SMILES string of the molecule is CSc1c(C2(C(C)N)CC2)sc2c(NCc3ccco3)nc(Cl)nc12. The number of thioether (sulfide) groups is 1. The normalized spacial score (nSPS) is 17.0. The Balaban J connectivity index is 1.80. The fraction of sp³-hybridized carbons (Fsp3) is 0.412. The summed E-state index contributed by atoms with van der Waals surface area (Å²) in [5.74, 6) is 1.59. The molecule has 1 atom stereocenters. The molecule has 4 rings (SSSR count). The Morgan fingerprint density at radius 3 is 2.88 bits per heavy atom. The van der Waals surface area contributed by atoms with Gasteiger partial charge in [-0.1, -0.05) is 0 Å². The third kappa shape index (κ3) is 2.93. The number of halogens is 1. The molecule has 8 heteroatoms. The molecule has 1 unspecified atom stereocenters. The van der Waals surface area contributed by atoms with E-state index in [0.717, 1.165) is 34.6 Å². The first-order valence-corrected chi connectivity index (χ1v) is 10.5. The molecule has 3 heterocycles. The summed E-state index contributed by atoms with van der Waals surface area (Å²) in [6.07, 6.45) is 5.99. The van der Waals surface area contributed by atoms with Gasteiger partial charge in [0.1, 0.15) is 17.1 Å². The molecule has 0 spiro atoms. The van der Waals surface area contributed by atoms with E-state index in [1.807, 2.05) is 12.1 Å². The molecule has 5 nitrogen and oxygen atoms in total. The number of hydrogen-bond donors (Lipinski definition) is 2. The second-order valence-electron chi connectivity index (χ2n) is 6.36. The van der Waals surface area contributed by atoms with Crippen molar-refractivity contribution < 1.29 is 4.42 Å². The smallest absolute Gasteiger partial charge is 0.225 e. The second kappa shape index (κ2) is 6.46. The van der Waals surface area contributed by atoms with Crippen LogP contribution in [0.4, 0.5) is 5.82 Å². The fourth-order valence-corrected chi connectivity index (χ4v) is 5.96. The third-order valence-corrected chi connectivity index (χ3v) is 7.30. The van der Waals surface area contributed by atoms with Crippen LogP contribution in [0.1, 0.15) is 30.4 Å². The van der Waals surface area contributed by atoms with Crippen LogP contribution >= 0.6 is 34.7 Å². The fourth-order valence-electron chi connectivity index (χ4n) is 3.17. The van der Waals surface area contributed by atoms with E-state index in [1.54, 1.807) is 29.4 Å². The predicted molar refractivity (Wildman–Crippen MR) is 105 cm³/mol. The number of rotatable bonds is 6. The molecule has 3 N–H and O–H groups in total. The quantitative estimate of drug-likeness (QED) is 0.468. The van der Waals surface area contributed by atoms with Crippen LogP contribution in [0.5, 0.6) is 0 Å². The molecule has 0 bridgehead atoms. The van der Waals surface area contributed by atoms with Crippen molar-refractivity contribution in [1.29, 1.82) is 0 Å². The zero-order chi connectivity index (χ0) is 17.6. The number of thiophene rings is 1. The van der Waals surface area contributed by atoms with Crippen molar-refractivity contribution in [2.45, 2.75) is 42.7 Å². The monoisotopic (exact) mass is 394 g/mol. The molecule has 3 aromatic rings. The van der Waals surface area contributed by atoms with Crippen LogP contribution in [0, 0.1) is 0 Å². The number of nitrogens with two attached hydrogens (primary N) is 1. The van der Waals surface area contributed by atoms with Gasteiger partial charge in [-0.25, -0.2) is 4.98 Å². The van der Waals surface area contributed by atoms with Gasteiger partial charge in [-0.05, 0) is 49.8 Å². The number of hydrogen-bond acceptors (Lipinski definition) is 7. The lowest BCUT2D eigenvalue weighted by Crippen LogP contribution is -2.31. The summed E-state index contributed by atoms with van der Waals surface area (Å²) in [5.41, 5.74) is 7.30. The van der Waals surface area contributed by atoms with Crippen LogP contribution in [0.25, 0.3) is 10.2 Å². The van der Waals surface area contributed by atoms with E-state index >= 15 is 0 Å². The number of nitrogens with zero attached hydrogens (tertiary/aromatic N) is 2. The lowest BCUT2D eigenvalue weighted by atomic mass is 9.97. The first-order valence-electron chi connectivity index (χ1n) is 8.11. The maximum absolute atomic E-state index is 6.31. The van der Waals surface area contributed by atoms with E-state index in [1.165, 1.54) is 9.77 Å². The van der Waals surface area contributed by atoms with Crippen molar-refractivity contribution in [3.63, 3.8) is 0 Å². The van der Waals surface area contributed by atoms with E-state index in [0.29, 0.717) is 6.54 Å². The summed E-state index contributed by atoms with van der Waals surface area (Å²) in [6.45, 7) is 2.64. The summed E-state index contributed by atoms with van der Waals surface area (Å²) >= 11 is 9.65. The summed E-state index contributed by atoms with van der Waals surface area (Å²) in [6, 6.07) is 3.92. The van der Waals surface area contributed by atoms with Gasteiger partial charge >= 0.3 is 0 Å². The van der Waals surface area contributed by atoms with E-state index in [4.69, 9.17) is 21.8 Å². The zero-order valence-corrected chi connectivity index (χ0v) is 16.4. The van der Waals surface area contributed by atoms with E-state index < -0.39 is 0 Å². The average molecular weight is 395 g/mol. The lowest BCUT2D eigenvalue weighted by Gasteiger charge is -2.19. The molecule has 0 amide bonds. The summed E-state index contributed by atoms with van der Waals surface area (Å²) < 4.78 is 6.42. The Bertz CT molecular complexity index is 903. The van der Waals surface area contributed by atoms with Gasteiger partial charge in [-0.15, -0.1) is 23.1 Å². The van der Waals surface area contributed by atoms with Crippen LogP contribution in [0.2, 0.25) is 5.28 Å². The molecule has 0 aliphatic heterocycles. The molecule has 132 valence electrons. The third-order valence-electron chi connectivity index (χ3n) is 4.79. The molecule has 1 aliphatic rings. The molecule has 3 aromatic heterocycles. The zero-order valence-electron chi connectivity index (χ0n) is 14.0. The molecule has 1 aliphatic carbocycles. The second-order valence-corrected chi connectivity index (χ2v) is 8.54. The van der Waals surface area contributed by atoms with Crippen molar-refractivity contribution in [3.05, 3.63) is 34.3 Å². The predicted octanol–water partition coefficient (Wildman–Crippen LogP) is 4.65. The lowest BCUT2D eigenvalue weighted by molar-refractivity contribution is 0.518. The van der Waals surface area contributed by atoms with E-state index in [-0.39, 0.29) is 16.7 Å². The van der Waals surface area contributed by atoms with Crippen molar-refractivity contribution >= 4 is 50.7 Å². The highest BCUT2D eigenvalue weighted by atomic mass is 35.5. The minimum atomic E-state index is 0.0778. The summed E-state index contributed by atoms with van der Waals surface area (Å²) in [7, 11) is 0. The van der Waals surface area contributed by atoms with Gasteiger partial charge in [0.2, 0.25) is 5.28 Å². The van der Waals surface area contributed by atoms with Crippen molar-refractivity contribution in [2.75, 3.05) is 11.6 Å². The first kappa shape index (κ1) is 17.1. The summed E-state index contributed by atoms with van der Waals surface area (Å²) in [5, 5.41) is 3.59. The number of furan rings is 1. The Labute approximate surface area is 159 Å². The average Bonchev–Trinajstić information content (AvgIpc) is 3.07. The van der Waals surface area contributed by atoms with Gasteiger partial charge in [0.25, 0.3) is 0 Å². The van der Waals surface area contributed by atoms with Gasteiger partial charge < -0.3 is 15.5 Å². The van der Waals surface area contributed by atoms with Crippen LogP contribution in [-0.4, -0.2) is 22.3 Å². The summed E-state index contributed by atoms with van der Waals surface area (Å²) in [4.78, 5) is 11.4. The number of fused-ring (bicyclic) bond motifs is 1. The number of nitrogens with one attached hydrogen (secondary N) is 1. The minimum absolute atomic E-state index is 0.0778. The molecule has 0 saturated heterocycles. The number of aromatic nitrogens is 2. The molecule has 1 fully saturated rings. The van der Waals surface area contributed by atoms with E-state index in [2.05, 4.69) is 28.5 Å². The van der Waals surface area contributed by atoms with Crippen LogP contribution in [0.3, 0.4) is 0 Å². The molecular weight excluding hydrogens is 376 g/mol. The Morgan fingerprint density at radius 2 is 2.28 bits per heavy atom. The molecule has 1 saturated carbocycles. The van der Waals surface area contributed by atoms with Gasteiger partial charge in [0.15, 0.2) is 0 Å². The molecule has 0 aromatic carbocycles. The highest BCUT2D eigenvalue weighted by Crippen LogP contribution is 2.57. The molecule has 25 heavy (non-hydrogen) atoms. The van der Waals surface area contributed by atoms with Gasteiger partial charge in [-0.3, -0.25) is 0 Å². The Kier molecular flexibility index (Phi) is 4.43. The van der Waals surface area contributed by atoms with Crippen LogP contribution < -0.4 is 11.1 Å². The van der Waals surface area contributed by atoms with Crippen LogP contribution in [-0.2, 0) is 12.0 Å². The molecular formula is C17H19ClN4OS2. The molecule has 0 radical (unpaired) electrons. The highest BCUT2D eigenvalue weighted by molar-refractivity contribution is 7.99.